The highest BCUT2D eigenvalue weighted by Crippen LogP contribution is 2.40. The van der Waals surface area contributed by atoms with E-state index in [1.165, 1.54) is 21.3 Å². The molecule has 1 heterocycles. The first-order valence-corrected chi connectivity index (χ1v) is 12.4. The average Bonchev–Trinajstić information content (AvgIpc) is 2.84. The Bertz CT molecular complexity index is 1310. The molecule has 0 spiro atoms. The molecule has 194 valence electrons. The number of aryl methyl sites for hydroxylation is 1. The van der Waals surface area contributed by atoms with Gasteiger partial charge in [0.1, 0.15) is 5.25 Å². The number of nitrogens with zero attached hydrogens (tertiary/aromatic N) is 2. The largest absolute Gasteiger partial charge is 0.493 e. The molecule has 36 heavy (non-hydrogen) atoms. The van der Waals surface area contributed by atoms with Crippen molar-refractivity contribution in [2.75, 3.05) is 38.5 Å². The van der Waals surface area contributed by atoms with Crippen LogP contribution in [0.2, 0.25) is 0 Å². The summed E-state index contributed by atoms with van der Waals surface area (Å²) >= 11 is 0. The molecule has 3 aromatic rings. The van der Waals surface area contributed by atoms with Crippen molar-refractivity contribution < 1.29 is 27.0 Å². The Kier molecular flexibility index (Phi) is 8.50. The molecule has 2 aromatic carbocycles. The fourth-order valence-corrected chi connectivity index (χ4v) is 4.87. The molecule has 1 unspecified atom stereocenters. The minimum absolute atomic E-state index is 0.0623. The van der Waals surface area contributed by atoms with Crippen LogP contribution in [0.15, 0.2) is 36.5 Å². The van der Waals surface area contributed by atoms with E-state index in [2.05, 4.69) is 20.6 Å². The molecule has 11 nitrogen and oxygen atoms in total. The van der Waals surface area contributed by atoms with Gasteiger partial charge in [0.2, 0.25) is 21.7 Å². The maximum atomic E-state index is 14.7. The zero-order valence-electron chi connectivity index (χ0n) is 20.3. The van der Waals surface area contributed by atoms with E-state index < -0.39 is 21.1 Å². The van der Waals surface area contributed by atoms with E-state index in [1.807, 2.05) is 0 Å². The molecule has 1 aromatic heterocycles. The van der Waals surface area contributed by atoms with E-state index in [4.69, 9.17) is 25.1 Å². The predicted molar refractivity (Wildman–Crippen MR) is 135 cm³/mol. The number of hydrogen-bond acceptors (Lipinski definition) is 10. The lowest BCUT2D eigenvalue weighted by Crippen LogP contribution is -2.25. The number of rotatable bonds is 11. The number of aromatic nitrogens is 2. The van der Waals surface area contributed by atoms with Crippen LogP contribution in [0.4, 0.5) is 27.5 Å². The van der Waals surface area contributed by atoms with Gasteiger partial charge in [0.25, 0.3) is 0 Å². The summed E-state index contributed by atoms with van der Waals surface area (Å²) in [6.45, 7) is 1.84. The summed E-state index contributed by atoms with van der Waals surface area (Å²) in [6.07, 6.45) is 1.08. The summed E-state index contributed by atoms with van der Waals surface area (Å²) in [7, 11) is 0.465. The number of anilines is 4. The number of ether oxygens (including phenoxy) is 3. The van der Waals surface area contributed by atoms with E-state index >= 15 is 0 Å². The minimum Gasteiger partial charge on any atom is -0.493 e. The number of halogens is 1. The second-order valence-corrected chi connectivity index (χ2v) is 9.49. The topological polar surface area (TPSA) is 164 Å². The summed E-state index contributed by atoms with van der Waals surface area (Å²) in [5, 5.41) is 10.3. The fraction of sp³-hybridized carbons (Fsp3) is 0.304. The predicted octanol–water partition coefficient (Wildman–Crippen LogP) is 3.12. The molecular formula is C23H29FN6O5S. The minimum atomic E-state index is -3.99. The van der Waals surface area contributed by atoms with Crippen LogP contribution in [0, 0.1) is 12.7 Å². The van der Waals surface area contributed by atoms with E-state index in [0.29, 0.717) is 39.8 Å². The third kappa shape index (κ3) is 5.93. The van der Waals surface area contributed by atoms with Crippen molar-refractivity contribution >= 4 is 33.2 Å². The normalized spacial score (nSPS) is 12.1. The zero-order valence-corrected chi connectivity index (χ0v) is 21.1. The number of primary sulfonamides is 1. The molecule has 3 rings (SSSR count). The van der Waals surface area contributed by atoms with Crippen molar-refractivity contribution in [1.82, 2.24) is 9.97 Å². The second-order valence-electron chi connectivity index (χ2n) is 7.75. The highest BCUT2D eigenvalue weighted by Gasteiger charge is 2.27. The highest BCUT2D eigenvalue weighted by molar-refractivity contribution is 7.89. The Morgan fingerprint density at radius 1 is 1.08 bits per heavy atom. The molecule has 1 atom stereocenters. The number of nitrogens with two attached hydrogens (primary N) is 2. The Labute approximate surface area is 209 Å². The highest BCUT2D eigenvalue weighted by atomic mass is 32.2. The molecule has 0 radical (unpaired) electrons. The van der Waals surface area contributed by atoms with Crippen LogP contribution in [0.5, 0.6) is 17.2 Å². The number of nitrogens with one attached hydrogen (secondary N) is 2. The fourth-order valence-electron chi connectivity index (χ4n) is 3.77. The third-order valence-electron chi connectivity index (χ3n) is 5.39. The number of hydrogen-bond donors (Lipinski definition) is 4. The van der Waals surface area contributed by atoms with Crippen LogP contribution in [-0.4, -0.2) is 46.3 Å². The maximum absolute atomic E-state index is 14.7. The van der Waals surface area contributed by atoms with Crippen molar-refractivity contribution in [2.24, 2.45) is 10.9 Å². The first kappa shape index (κ1) is 26.9. The van der Waals surface area contributed by atoms with E-state index in [-0.39, 0.29) is 24.7 Å². The average molecular weight is 521 g/mol. The first-order chi connectivity index (χ1) is 17.1. The first-order valence-electron chi connectivity index (χ1n) is 10.8. The van der Waals surface area contributed by atoms with Gasteiger partial charge in [-0.05, 0) is 37.1 Å². The Morgan fingerprint density at radius 3 is 2.31 bits per heavy atom. The molecule has 0 aliphatic rings. The molecule has 0 aliphatic carbocycles. The summed E-state index contributed by atoms with van der Waals surface area (Å²) in [5.74, 6) is 0.349. The number of methoxy groups -OCH3 is 3. The molecule has 0 bridgehead atoms. The van der Waals surface area contributed by atoms with E-state index in [0.717, 1.165) is 6.20 Å². The van der Waals surface area contributed by atoms with Gasteiger partial charge in [0.05, 0.1) is 27.5 Å². The standard InChI is InChI=1S/C23H29FN6O5S/c1-13-6-5-7-16(20(13)19(8-9-25)36(26,31)32)29-22-15(24)12-27-23(30-22)28-14-10-17(33-2)21(35-4)18(11-14)34-3/h5-7,10-12,19H,8-9,25H2,1-4H3,(H2,26,31,32)(H2,27,28,29,30). The van der Waals surface area contributed by atoms with Crippen molar-refractivity contribution in [3.8, 4) is 17.2 Å². The van der Waals surface area contributed by atoms with Gasteiger partial charge in [0.15, 0.2) is 23.1 Å². The van der Waals surface area contributed by atoms with Crippen LogP contribution < -0.4 is 35.7 Å². The second kappa shape index (κ2) is 11.4. The number of benzene rings is 2. The van der Waals surface area contributed by atoms with Gasteiger partial charge in [-0.15, -0.1) is 0 Å². The van der Waals surface area contributed by atoms with Crippen LogP contribution in [-0.2, 0) is 10.0 Å². The molecule has 6 N–H and O–H groups in total. The summed E-state index contributed by atoms with van der Waals surface area (Å²) in [6, 6.07) is 8.35. The summed E-state index contributed by atoms with van der Waals surface area (Å²) in [5.41, 5.74) is 7.51. The lowest BCUT2D eigenvalue weighted by Gasteiger charge is -2.21. The molecule has 0 saturated heterocycles. The smallest absolute Gasteiger partial charge is 0.229 e. The van der Waals surface area contributed by atoms with E-state index in [9.17, 15) is 12.8 Å². The van der Waals surface area contributed by atoms with Gasteiger partial charge in [-0.25, -0.2) is 22.9 Å². The number of sulfonamides is 1. The van der Waals surface area contributed by atoms with Gasteiger partial charge >= 0.3 is 0 Å². The third-order valence-corrected chi connectivity index (χ3v) is 6.65. The monoisotopic (exact) mass is 520 g/mol. The lowest BCUT2D eigenvalue weighted by atomic mass is 10.0. The molecule has 0 amide bonds. The van der Waals surface area contributed by atoms with Crippen molar-refractivity contribution in [2.45, 2.75) is 18.6 Å². The molecule has 0 saturated carbocycles. The Morgan fingerprint density at radius 2 is 1.75 bits per heavy atom. The van der Waals surface area contributed by atoms with Gasteiger partial charge in [-0.2, -0.15) is 4.98 Å². The van der Waals surface area contributed by atoms with E-state index in [1.54, 1.807) is 37.3 Å². The van der Waals surface area contributed by atoms with Crippen molar-refractivity contribution in [1.29, 1.82) is 0 Å². The van der Waals surface area contributed by atoms with Gasteiger partial charge in [-0.3, -0.25) is 0 Å². The molecule has 0 aliphatic heterocycles. The van der Waals surface area contributed by atoms with Gasteiger partial charge < -0.3 is 30.6 Å². The van der Waals surface area contributed by atoms with Gasteiger partial charge in [0, 0.05) is 23.5 Å². The van der Waals surface area contributed by atoms with Gasteiger partial charge in [-0.1, -0.05) is 12.1 Å². The molecular weight excluding hydrogens is 491 g/mol. The maximum Gasteiger partial charge on any atom is 0.229 e. The quantitative estimate of drug-likeness (QED) is 0.295. The zero-order chi connectivity index (χ0) is 26.5. The Hall–Kier alpha value is -3.68. The SMILES string of the molecule is COc1cc(Nc2ncc(F)c(Nc3cccc(C)c3C(CCN)S(N)(=O)=O)n2)cc(OC)c1OC. The molecule has 0 fully saturated rings. The van der Waals surface area contributed by atoms with Crippen LogP contribution in [0.1, 0.15) is 22.8 Å². The van der Waals surface area contributed by atoms with Crippen LogP contribution in [0.3, 0.4) is 0 Å². The summed E-state index contributed by atoms with van der Waals surface area (Å²) in [4.78, 5) is 8.22. The summed E-state index contributed by atoms with van der Waals surface area (Å²) < 4.78 is 55.3. The van der Waals surface area contributed by atoms with Crippen molar-refractivity contribution in [3.05, 3.63) is 53.5 Å². The Balaban J connectivity index is 2.00. The van der Waals surface area contributed by atoms with Crippen molar-refractivity contribution in [3.63, 3.8) is 0 Å². The molecule has 13 heteroatoms. The van der Waals surface area contributed by atoms with Crippen LogP contribution in [0.25, 0.3) is 0 Å². The van der Waals surface area contributed by atoms with Crippen LogP contribution >= 0.6 is 0 Å². The lowest BCUT2D eigenvalue weighted by molar-refractivity contribution is 0.324.